The third-order valence-electron chi connectivity index (χ3n) is 3.30. The number of hydrogen-bond donors (Lipinski definition) is 2. The monoisotopic (exact) mass is 314 g/mol. The zero-order chi connectivity index (χ0) is 13.2. The fourth-order valence-electron chi connectivity index (χ4n) is 2.27. The Morgan fingerprint density at radius 2 is 2.11 bits per heavy atom. The molecule has 18 heavy (non-hydrogen) atoms. The molecule has 0 amide bonds. The number of nitrogens with zero attached hydrogens (tertiary/aromatic N) is 1. The average Bonchev–Trinajstić information content (AvgIpc) is 2.75. The molecular weight excluding hydrogens is 300 g/mol. The van der Waals surface area contributed by atoms with Crippen molar-refractivity contribution in [3.8, 4) is 0 Å². The molecule has 0 aliphatic heterocycles. The summed E-state index contributed by atoms with van der Waals surface area (Å²) in [7, 11) is 0. The largest absolute Gasteiger partial charge is 0.388 e. The maximum Gasteiger partial charge on any atom is 0.293 e. The lowest BCUT2D eigenvalue weighted by molar-refractivity contribution is -0.384. The van der Waals surface area contributed by atoms with Crippen LogP contribution in [0.3, 0.4) is 0 Å². The maximum atomic E-state index is 10.9. The Morgan fingerprint density at radius 1 is 1.44 bits per heavy atom. The Morgan fingerprint density at radius 3 is 2.72 bits per heavy atom. The van der Waals surface area contributed by atoms with Crippen LogP contribution in [0.15, 0.2) is 22.7 Å². The number of rotatable bonds is 4. The number of aliphatic hydroxyl groups is 1. The highest BCUT2D eigenvalue weighted by molar-refractivity contribution is 9.10. The lowest BCUT2D eigenvalue weighted by Gasteiger charge is -2.22. The van der Waals surface area contributed by atoms with Crippen LogP contribution in [0.5, 0.6) is 0 Å². The van der Waals surface area contributed by atoms with Crippen molar-refractivity contribution >= 4 is 27.3 Å². The summed E-state index contributed by atoms with van der Waals surface area (Å²) in [6.07, 6.45) is 3.54. The molecule has 2 N–H and O–H groups in total. The van der Waals surface area contributed by atoms with E-state index in [4.69, 9.17) is 0 Å². The number of anilines is 1. The summed E-state index contributed by atoms with van der Waals surface area (Å²) >= 11 is 3.21. The number of nitro groups is 1. The van der Waals surface area contributed by atoms with Crippen LogP contribution in [0.2, 0.25) is 0 Å². The second kappa shape index (κ2) is 5.24. The molecule has 0 aromatic heterocycles. The van der Waals surface area contributed by atoms with Gasteiger partial charge in [-0.2, -0.15) is 0 Å². The highest BCUT2D eigenvalue weighted by Crippen LogP contribution is 2.32. The van der Waals surface area contributed by atoms with E-state index < -0.39 is 10.5 Å². The minimum atomic E-state index is -0.721. The van der Waals surface area contributed by atoms with Gasteiger partial charge in [0.2, 0.25) is 0 Å². The summed E-state index contributed by atoms with van der Waals surface area (Å²) in [6.45, 7) is 0.357. The fraction of sp³-hybridized carbons (Fsp3) is 0.500. The number of halogens is 1. The van der Waals surface area contributed by atoms with Crippen molar-refractivity contribution in [3.05, 3.63) is 32.8 Å². The van der Waals surface area contributed by atoms with Crippen LogP contribution in [0.4, 0.5) is 11.4 Å². The van der Waals surface area contributed by atoms with E-state index in [1.54, 1.807) is 12.1 Å². The lowest BCUT2D eigenvalue weighted by Crippen LogP contribution is -2.33. The topological polar surface area (TPSA) is 75.4 Å². The van der Waals surface area contributed by atoms with E-state index in [0.717, 1.165) is 25.7 Å². The molecule has 0 unspecified atom stereocenters. The molecule has 5 nitrogen and oxygen atoms in total. The van der Waals surface area contributed by atoms with E-state index in [9.17, 15) is 15.2 Å². The van der Waals surface area contributed by atoms with E-state index in [-0.39, 0.29) is 5.69 Å². The van der Waals surface area contributed by atoms with Crippen LogP contribution in [0, 0.1) is 10.1 Å². The smallest absolute Gasteiger partial charge is 0.293 e. The molecule has 1 aromatic rings. The van der Waals surface area contributed by atoms with E-state index >= 15 is 0 Å². The molecule has 1 aliphatic rings. The molecule has 0 saturated heterocycles. The highest BCUT2D eigenvalue weighted by Gasteiger charge is 2.31. The Bertz CT molecular complexity index is 459. The molecule has 0 spiro atoms. The van der Waals surface area contributed by atoms with E-state index in [0.29, 0.717) is 16.7 Å². The summed E-state index contributed by atoms with van der Waals surface area (Å²) in [5.41, 5.74) is -0.254. The van der Waals surface area contributed by atoms with Gasteiger partial charge in [-0.25, -0.2) is 0 Å². The predicted octanol–water partition coefficient (Wildman–Crippen LogP) is 3.07. The van der Waals surface area contributed by atoms with Gasteiger partial charge in [0.1, 0.15) is 5.69 Å². The Balaban J connectivity index is 2.11. The molecule has 1 aliphatic carbocycles. The molecular formula is C12H15BrN2O3. The molecule has 0 bridgehead atoms. The number of nitro benzene ring substituents is 1. The van der Waals surface area contributed by atoms with Gasteiger partial charge in [0, 0.05) is 17.1 Å². The molecule has 0 heterocycles. The predicted molar refractivity (Wildman–Crippen MR) is 72.7 cm³/mol. The van der Waals surface area contributed by atoms with Crippen LogP contribution in [-0.4, -0.2) is 22.2 Å². The average molecular weight is 315 g/mol. The van der Waals surface area contributed by atoms with Gasteiger partial charge < -0.3 is 10.4 Å². The SMILES string of the molecule is O=[N+]([O-])c1cc(Br)ccc1NCC1(O)CCCC1. The highest BCUT2D eigenvalue weighted by atomic mass is 79.9. The van der Waals surface area contributed by atoms with E-state index in [1.807, 2.05) is 0 Å². The van der Waals surface area contributed by atoms with Crippen molar-refractivity contribution < 1.29 is 10.0 Å². The van der Waals surface area contributed by atoms with Crippen molar-refractivity contribution in [2.24, 2.45) is 0 Å². The fourth-order valence-corrected chi connectivity index (χ4v) is 2.62. The third kappa shape index (κ3) is 3.00. The zero-order valence-electron chi connectivity index (χ0n) is 9.86. The van der Waals surface area contributed by atoms with Gasteiger partial charge in [-0.15, -0.1) is 0 Å². The van der Waals surface area contributed by atoms with Gasteiger partial charge in [-0.1, -0.05) is 28.8 Å². The van der Waals surface area contributed by atoms with Gasteiger partial charge >= 0.3 is 0 Å². The lowest BCUT2D eigenvalue weighted by atomic mass is 10.0. The standard InChI is InChI=1S/C12H15BrN2O3/c13-9-3-4-10(11(7-9)15(17)18)14-8-12(16)5-1-2-6-12/h3-4,7,14,16H,1-2,5-6,8H2. The first-order chi connectivity index (χ1) is 8.50. The summed E-state index contributed by atoms with van der Waals surface area (Å²) in [6, 6.07) is 4.86. The van der Waals surface area contributed by atoms with Crippen LogP contribution in [0.1, 0.15) is 25.7 Å². The molecule has 1 fully saturated rings. The normalized spacial score (nSPS) is 17.7. The summed E-state index contributed by atoms with van der Waals surface area (Å²) in [5, 5.41) is 24.1. The quantitative estimate of drug-likeness (QED) is 0.661. The Labute approximate surface area is 113 Å². The minimum absolute atomic E-state index is 0.0194. The molecule has 1 saturated carbocycles. The molecule has 98 valence electrons. The molecule has 0 radical (unpaired) electrons. The number of nitrogens with one attached hydrogen (secondary N) is 1. The van der Waals surface area contributed by atoms with Gasteiger partial charge in [-0.3, -0.25) is 10.1 Å². The first kappa shape index (κ1) is 13.3. The number of benzene rings is 1. The van der Waals surface area contributed by atoms with Gasteiger partial charge in [0.05, 0.1) is 10.5 Å². The second-order valence-corrected chi connectivity index (χ2v) is 5.62. The summed E-state index contributed by atoms with van der Waals surface area (Å²) in [4.78, 5) is 10.5. The van der Waals surface area contributed by atoms with Crippen molar-refractivity contribution in [1.82, 2.24) is 0 Å². The third-order valence-corrected chi connectivity index (χ3v) is 3.79. The maximum absolute atomic E-state index is 10.9. The van der Waals surface area contributed by atoms with Crippen LogP contribution >= 0.6 is 15.9 Å². The zero-order valence-corrected chi connectivity index (χ0v) is 11.4. The molecule has 1 aromatic carbocycles. The van der Waals surface area contributed by atoms with E-state index in [1.165, 1.54) is 6.07 Å². The van der Waals surface area contributed by atoms with Crippen molar-refractivity contribution in [3.63, 3.8) is 0 Å². The molecule has 6 heteroatoms. The molecule has 0 atom stereocenters. The summed E-state index contributed by atoms with van der Waals surface area (Å²) < 4.78 is 0.666. The second-order valence-electron chi connectivity index (χ2n) is 4.70. The first-order valence-corrected chi connectivity index (χ1v) is 6.70. The van der Waals surface area contributed by atoms with Gasteiger partial charge in [-0.05, 0) is 25.0 Å². The van der Waals surface area contributed by atoms with Crippen molar-refractivity contribution in [1.29, 1.82) is 0 Å². The van der Waals surface area contributed by atoms with Crippen molar-refractivity contribution in [2.75, 3.05) is 11.9 Å². The van der Waals surface area contributed by atoms with Gasteiger partial charge in [0.25, 0.3) is 5.69 Å². The first-order valence-electron chi connectivity index (χ1n) is 5.90. The Hall–Kier alpha value is -1.14. The number of hydrogen-bond acceptors (Lipinski definition) is 4. The Kier molecular flexibility index (Phi) is 3.87. The van der Waals surface area contributed by atoms with Gasteiger partial charge in [0.15, 0.2) is 0 Å². The van der Waals surface area contributed by atoms with Crippen LogP contribution < -0.4 is 5.32 Å². The summed E-state index contributed by atoms with van der Waals surface area (Å²) in [5.74, 6) is 0. The van der Waals surface area contributed by atoms with Crippen molar-refractivity contribution in [2.45, 2.75) is 31.3 Å². The minimum Gasteiger partial charge on any atom is -0.388 e. The van der Waals surface area contributed by atoms with Crippen LogP contribution in [0.25, 0.3) is 0 Å². The molecule has 2 rings (SSSR count). The van der Waals surface area contributed by atoms with E-state index in [2.05, 4.69) is 21.2 Å². The van der Waals surface area contributed by atoms with Crippen LogP contribution in [-0.2, 0) is 0 Å².